The summed E-state index contributed by atoms with van der Waals surface area (Å²) in [5.74, 6) is 0.327. The van der Waals surface area contributed by atoms with Crippen molar-refractivity contribution in [3.63, 3.8) is 0 Å². The smallest absolute Gasteiger partial charge is 0.144 e. The Bertz CT molecular complexity index is 431. The number of halogens is 1. The highest BCUT2D eigenvalue weighted by atomic mass is 19.1. The van der Waals surface area contributed by atoms with Crippen LogP contribution in [0.25, 0.3) is 0 Å². The Kier molecular flexibility index (Phi) is 4.33. The molecule has 1 aliphatic carbocycles. The molecule has 0 spiro atoms. The maximum Gasteiger partial charge on any atom is 0.144 e. The lowest BCUT2D eigenvalue weighted by Crippen LogP contribution is -2.19. The molecule has 0 aliphatic heterocycles. The van der Waals surface area contributed by atoms with E-state index in [9.17, 15) is 4.39 Å². The Morgan fingerprint density at radius 2 is 2.05 bits per heavy atom. The minimum absolute atomic E-state index is 0.260. The van der Waals surface area contributed by atoms with Crippen molar-refractivity contribution >= 4 is 5.69 Å². The van der Waals surface area contributed by atoms with Gasteiger partial charge in [-0.2, -0.15) is 0 Å². The van der Waals surface area contributed by atoms with E-state index in [0.29, 0.717) is 17.2 Å². The normalized spacial score (nSPS) is 22.6. The summed E-state index contributed by atoms with van der Waals surface area (Å²) < 4.78 is 18.4. The highest BCUT2D eigenvalue weighted by molar-refractivity contribution is 5.57. The van der Waals surface area contributed by atoms with E-state index in [-0.39, 0.29) is 5.82 Å². The predicted molar refractivity (Wildman–Crippen MR) is 77.2 cm³/mol. The maximum atomic E-state index is 13.2. The molecule has 1 saturated carbocycles. The first-order valence-electron chi connectivity index (χ1n) is 7.10. The van der Waals surface area contributed by atoms with Gasteiger partial charge in [-0.05, 0) is 43.2 Å². The van der Waals surface area contributed by atoms with Gasteiger partial charge in [0.05, 0.1) is 12.8 Å². The second kappa shape index (κ2) is 5.81. The van der Waals surface area contributed by atoms with Crippen LogP contribution in [0.3, 0.4) is 0 Å². The van der Waals surface area contributed by atoms with Crippen LogP contribution < -0.4 is 10.1 Å². The van der Waals surface area contributed by atoms with Gasteiger partial charge in [0, 0.05) is 12.1 Å². The Morgan fingerprint density at radius 1 is 1.26 bits per heavy atom. The third kappa shape index (κ3) is 3.85. The van der Waals surface area contributed by atoms with Crippen molar-refractivity contribution in [1.29, 1.82) is 0 Å². The third-order valence-corrected chi connectivity index (χ3v) is 4.10. The first kappa shape index (κ1) is 14.2. The van der Waals surface area contributed by atoms with Crippen LogP contribution in [-0.2, 0) is 0 Å². The molecule has 0 amide bonds. The number of hydrogen-bond acceptors (Lipinski definition) is 2. The van der Waals surface area contributed by atoms with Crippen molar-refractivity contribution in [3.8, 4) is 5.75 Å². The largest absolute Gasteiger partial charge is 0.494 e. The van der Waals surface area contributed by atoms with E-state index in [1.54, 1.807) is 13.2 Å². The summed E-state index contributed by atoms with van der Waals surface area (Å²) in [6, 6.07) is 5.14. The summed E-state index contributed by atoms with van der Waals surface area (Å²) in [7, 11) is 1.58. The molecule has 1 unspecified atom stereocenters. The second-order valence-corrected chi connectivity index (χ2v) is 6.28. The molecule has 19 heavy (non-hydrogen) atoms. The van der Waals surface area contributed by atoms with Crippen LogP contribution in [0.2, 0.25) is 0 Å². The molecule has 0 saturated heterocycles. The lowest BCUT2D eigenvalue weighted by Gasteiger charge is -2.23. The van der Waals surface area contributed by atoms with E-state index in [1.807, 2.05) is 0 Å². The van der Waals surface area contributed by atoms with Crippen LogP contribution in [0, 0.1) is 11.2 Å². The monoisotopic (exact) mass is 265 g/mol. The Morgan fingerprint density at radius 3 is 2.79 bits per heavy atom. The van der Waals surface area contributed by atoms with Gasteiger partial charge in [-0.1, -0.05) is 20.3 Å². The molecule has 0 aromatic heterocycles. The Hall–Kier alpha value is -1.25. The summed E-state index contributed by atoms with van der Waals surface area (Å²) in [5.41, 5.74) is 1.34. The zero-order valence-corrected chi connectivity index (χ0v) is 12.1. The van der Waals surface area contributed by atoms with Gasteiger partial charge in [0.2, 0.25) is 0 Å². The van der Waals surface area contributed by atoms with Crippen molar-refractivity contribution in [2.24, 2.45) is 5.41 Å². The van der Waals surface area contributed by atoms with Crippen LogP contribution in [-0.4, -0.2) is 13.2 Å². The van der Waals surface area contributed by atoms with Gasteiger partial charge in [0.1, 0.15) is 11.6 Å². The van der Waals surface area contributed by atoms with Crippen LogP contribution >= 0.6 is 0 Å². The fourth-order valence-corrected chi connectivity index (χ4v) is 2.81. The lowest BCUT2D eigenvalue weighted by molar-refractivity contribution is 0.313. The molecule has 0 bridgehead atoms. The number of ether oxygens (including phenoxy) is 1. The SMILES string of the molecule is COc1cc(F)ccc1NC1CCCC(C)(C)CC1. The summed E-state index contributed by atoms with van der Waals surface area (Å²) >= 11 is 0. The quantitative estimate of drug-likeness (QED) is 0.806. The molecule has 2 rings (SSSR count). The Balaban J connectivity index is 2.05. The van der Waals surface area contributed by atoms with Crippen LogP contribution in [0.15, 0.2) is 18.2 Å². The molecule has 2 nitrogen and oxygen atoms in total. The molecule has 1 fully saturated rings. The summed E-state index contributed by atoms with van der Waals surface area (Å²) in [5, 5.41) is 3.51. The van der Waals surface area contributed by atoms with Crippen molar-refractivity contribution < 1.29 is 9.13 Å². The van der Waals surface area contributed by atoms with E-state index in [4.69, 9.17) is 4.74 Å². The van der Waals surface area contributed by atoms with Crippen LogP contribution in [0.4, 0.5) is 10.1 Å². The molecule has 1 aromatic carbocycles. The summed E-state index contributed by atoms with van der Waals surface area (Å²) in [6.07, 6.45) is 6.09. The predicted octanol–water partition coefficient (Wildman–Crippen LogP) is 4.61. The number of hydrogen-bond donors (Lipinski definition) is 1. The van der Waals surface area contributed by atoms with Gasteiger partial charge in [-0.25, -0.2) is 4.39 Å². The third-order valence-electron chi connectivity index (χ3n) is 4.10. The number of nitrogens with one attached hydrogen (secondary N) is 1. The fraction of sp³-hybridized carbons (Fsp3) is 0.625. The van der Waals surface area contributed by atoms with Gasteiger partial charge in [-0.3, -0.25) is 0 Å². The van der Waals surface area contributed by atoms with Crippen molar-refractivity contribution in [2.45, 2.75) is 52.0 Å². The molecular weight excluding hydrogens is 241 g/mol. The average Bonchev–Trinajstić information content (AvgIpc) is 2.53. The second-order valence-electron chi connectivity index (χ2n) is 6.28. The number of benzene rings is 1. The van der Waals surface area contributed by atoms with Gasteiger partial charge < -0.3 is 10.1 Å². The van der Waals surface area contributed by atoms with Crippen molar-refractivity contribution in [2.75, 3.05) is 12.4 Å². The van der Waals surface area contributed by atoms with Gasteiger partial charge >= 0.3 is 0 Å². The topological polar surface area (TPSA) is 21.3 Å². The fourth-order valence-electron chi connectivity index (χ4n) is 2.81. The van der Waals surface area contributed by atoms with Crippen LogP contribution in [0.1, 0.15) is 46.0 Å². The molecule has 3 heteroatoms. The van der Waals surface area contributed by atoms with E-state index < -0.39 is 0 Å². The molecule has 1 atom stereocenters. The highest BCUT2D eigenvalue weighted by Crippen LogP contribution is 2.35. The molecule has 0 heterocycles. The zero-order valence-electron chi connectivity index (χ0n) is 12.1. The molecule has 106 valence electrons. The zero-order chi connectivity index (χ0) is 13.9. The van der Waals surface area contributed by atoms with Gasteiger partial charge in [-0.15, -0.1) is 0 Å². The van der Waals surface area contributed by atoms with E-state index in [1.165, 1.54) is 37.8 Å². The minimum atomic E-state index is -0.260. The number of rotatable bonds is 3. The Labute approximate surface area is 115 Å². The van der Waals surface area contributed by atoms with E-state index in [0.717, 1.165) is 12.1 Å². The van der Waals surface area contributed by atoms with Crippen molar-refractivity contribution in [1.82, 2.24) is 0 Å². The first-order valence-corrected chi connectivity index (χ1v) is 7.10. The van der Waals surface area contributed by atoms with Crippen LogP contribution in [0.5, 0.6) is 5.75 Å². The molecule has 1 aliphatic rings. The highest BCUT2D eigenvalue weighted by Gasteiger charge is 2.24. The molecule has 0 radical (unpaired) electrons. The van der Waals surface area contributed by atoms with E-state index in [2.05, 4.69) is 19.2 Å². The standard InChI is InChI=1S/C16H24FNO/c1-16(2)9-4-5-13(8-10-16)18-14-7-6-12(17)11-15(14)19-3/h6-7,11,13,18H,4-5,8-10H2,1-3H3. The summed E-state index contributed by atoms with van der Waals surface area (Å²) in [4.78, 5) is 0. The summed E-state index contributed by atoms with van der Waals surface area (Å²) in [6.45, 7) is 4.68. The lowest BCUT2D eigenvalue weighted by atomic mass is 9.85. The molecular formula is C16H24FNO. The van der Waals surface area contributed by atoms with Crippen molar-refractivity contribution in [3.05, 3.63) is 24.0 Å². The number of methoxy groups -OCH3 is 1. The average molecular weight is 265 g/mol. The van der Waals surface area contributed by atoms with Gasteiger partial charge in [0.15, 0.2) is 0 Å². The van der Waals surface area contributed by atoms with E-state index >= 15 is 0 Å². The molecule has 1 aromatic rings. The number of anilines is 1. The van der Waals surface area contributed by atoms with Gasteiger partial charge in [0.25, 0.3) is 0 Å². The molecule has 1 N–H and O–H groups in total. The minimum Gasteiger partial charge on any atom is -0.494 e. The maximum absolute atomic E-state index is 13.2. The first-order chi connectivity index (χ1) is 9.00.